The average molecular weight is 292 g/mol. The first-order valence-corrected chi connectivity index (χ1v) is 8.21. The quantitative estimate of drug-likeness (QED) is 0.730. The third-order valence-corrected chi connectivity index (χ3v) is 7.21. The van der Waals surface area contributed by atoms with Crippen molar-refractivity contribution >= 4 is 27.2 Å². The van der Waals surface area contributed by atoms with Gasteiger partial charge in [-0.25, -0.2) is 13.1 Å². The molecule has 0 heterocycles. The van der Waals surface area contributed by atoms with Crippen molar-refractivity contribution in [3.8, 4) is 0 Å². The van der Waals surface area contributed by atoms with E-state index in [0.29, 0.717) is 18.9 Å². The number of rotatable bonds is 6. The number of hydrogen-bond donors (Lipinski definition) is 2. The minimum absolute atomic E-state index is 0.0410. The summed E-state index contributed by atoms with van der Waals surface area (Å²) in [6.07, 6.45) is 0.405. The number of thiocarbonyl (C=S) groups is 1. The van der Waals surface area contributed by atoms with Gasteiger partial charge in [0.05, 0.1) is 4.99 Å². The van der Waals surface area contributed by atoms with E-state index in [1.54, 1.807) is 6.92 Å². The predicted octanol–water partition coefficient (Wildman–Crippen LogP) is 1.65. The van der Waals surface area contributed by atoms with E-state index in [1.807, 2.05) is 0 Å². The standard InChI is InChI=1S/C12H24N2O2S2/c1-6-8(10(13)17)18(15,16)14-7-9-11(2,3)12(9,4)5/h8-9,14H,6-7H2,1-5H3,(H2,13,17). The van der Waals surface area contributed by atoms with Crippen molar-refractivity contribution in [2.75, 3.05) is 6.54 Å². The molecule has 1 atom stereocenters. The van der Waals surface area contributed by atoms with Gasteiger partial charge in [0.15, 0.2) is 0 Å². The smallest absolute Gasteiger partial charge is 0.221 e. The first kappa shape index (κ1) is 15.9. The van der Waals surface area contributed by atoms with Crippen LogP contribution in [0.25, 0.3) is 0 Å². The molecule has 1 aliphatic carbocycles. The minimum Gasteiger partial charge on any atom is -0.392 e. The second kappa shape index (κ2) is 4.72. The Morgan fingerprint density at radius 1 is 1.33 bits per heavy atom. The van der Waals surface area contributed by atoms with Crippen LogP contribution < -0.4 is 10.5 Å². The highest BCUT2D eigenvalue weighted by Crippen LogP contribution is 2.67. The van der Waals surface area contributed by atoms with Crippen LogP contribution in [-0.4, -0.2) is 25.2 Å². The Morgan fingerprint density at radius 3 is 2.06 bits per heavy atom. The van der Waals surface area contributed by atoms with E-state index >= 15 is 0 Å². The lowest BCUT2D eigenvalue weighted by Gasteiger charge is -2.15. The van der Waals surface area contributed by atoms with Crippen LogP contribution in [0.3, 0.4) is 0 Å². The van der Waals surface area contributed by atoms with Gasteiger partial charge in [-0.05, 0) is 23.2 Å². The topological polar surface area (TPSA) is 72.2 Å². The van der Waals surface area contributed by atoms with Crippen molar-refractivity contribution in [1.29, 1.82) is 0 Å². The zero-order chi connectivity index (χ0) is 14.4. The van der Waals surface area contributed by atoms with Gasteiger partial charge < -0.3 is 5.73 Å². The van der Waals surface area contributed by atoms with Crippen LogP contribution in [0.2, 0.25) is 0 Å². The van der Waals surface area contributed by atoms with E-state index in [1.165, 1.54) is 0 Å². The second-order valence-electron chi connectivity index (χ2n) is 6.19. The fourth-order valence-corrected chi connectivity index (χ4v) is 4.61. The Labute approximate surface area is 116 Å². The molecule has 0 saturated heterocycles. The number of hydrogen-bond acceptors (Lipinski definition) is 3. The molecule has 0 spiro atoms. The zero-order valence-corrected chi connectivity index (χ0v) is 13.4. The number of nitrogens with one attached hydrogen (secondary N) is 1. The number of nitrogens with two attached hydrogens (primary N) is 1. The third-order valence-electron chi connectivity index (χ3n) is 4.87. The zero-order valence-electron chi connectivity index (χ0n) is 11.8. The Balaban J connectivity index is 2.68. The van der Waals surface area contributed by atoms with Gasteiger partial charge in [-0.3, -0.25) is 0 Å². The van der Waals surface area contributed by atoms with E-state index < -0.39 is 15.3 Å². The molecule has 6 heteroatoms. The highest BCUT2D eigenvalue weighted by atomic mass is 32.2. The highest BCUT2D eigenvalue weighted by Gasteiger charge is 2.64. The molecular weight excluding hydrogens is 268 g/mol. The maximum Gasteiger partial charge on any atom is 0.221 e. The molecule has 0 aromatic heterocycles. The Hall–Kier alpha value is -0.200. The second-order valence-corrected chi connectivity index (χ2v) is 8.61. The van der Waals surface area contributed by atoms with Crippen molar-refractivity contribution < 1.29 is 8.42 Å². The average Bonchev–Trinajstić information content (AvgIpc) is 2.54. The van der Waals surface area contributed by atoms with E-state index in [4.69, 9.17) is 18.0 Å². The molecule has 0 aromatic carbocycles. The molecule has 0 aromatic rings. The van der Waals surface area contributed by atoms with Crippen molar-refractivity contribution in [3.63, 3.8) is 0 Å². The Bertz CT molecular complexity index is 427. The summed E-state index contributed by atoms with van der Waals surface area (Å²) < 4.78 is 26.8. The first-order chi connectivity index (χ1) is 7.98. The van der Waals surface area contributed by atoms with Gasteiger partial charge in [-0.2, -0.15) is 0 Å². The largest absolute Gasteiger partial charge is 0.392 e. The molecule has 1 unspecified atom stereocenters. The summed E-state index contributed by atoms with van der Waals surface area (Å²) in [7, 11) is -3.44. The summed E-state index contributed by atoms with van der Waals surface area (Å²) in [5.74, 6) is 0.351. The van der Waals surface area contributed by atoms with Crippen LogP contribution in [0.1, 0.15) is 41.0 Å². The van der Waals surface area contributed by atoms with Crippen LogP contribution >= 0.6 is 12.2 Å². The summed E-state index contributed by atoms with van der Waals surface area (Å²) in [6, 6.07) is 0. The molecule has 106 valence electrons. The molecule has 3 N–H and O–H groups in total. The summed E-state index contributed by atoms with van der Waals surface area (Å²) in [4.78, 5) is 0.0410. The van der Waals surface area contributed by atoms with Gasteiger partial charge in [0.2, 0.25) is 10.0 Å². The molecule has 0 amide bonds. The molecule has 1 saturated carbocycles. The summed E-state index contributed by atoms with van der Waals surface area (Å²) in [6.45, 7) is 10.9. The lowest BCUT2D eigenvalue weighted by molar-refractivity contribution is 0.457. The van der Waals surface area contributed by atoms with Gasteiger partial charge in [0.1, 0.15) is 5.25 Å². The molecule has 1 fully saturated rings. The van der Waals surface area contributed by atoms with E-state index in [0.717, 1.165) is 0 Å². The maximum atomic E-state index is 12.1. The van der Waals surface area contributed by atoms with Crippen LogP contribution in [-0.2, 0) is 10.0 Å². The molecular formula is C12H24N2O2S2. The Morgan fingerprint density at radius 2 is 1.78 bits per heavy atom. The van der Waals surface area contributed by atoms with Crippen molar-refractivity contribution in [2.24, 2.45) is 22.5 Å². The van der Waals surface area contributed by atoms with Gasteiger partial charge in [0, 0.05) is 6.54 Å². The highest BCUT2D eigenvalue weighted by molar-refractivity contribution is 7.93. The monoisotopic (exact) mass is 292 g/mol. The lowest BCUT2D eigenvalue weighted by atomic mass is 10.0. The molecule has 0 radical (unpaired) electrons. The molecule has 1 rings (SSSR count). The van der Waals surface area contributed by atoms with Crippen LogP contribution in [0, 0.1) is 16.7 Å². The maximum absolute atomic E-state index is 12.1. The summed E-state index contributed by atoms with van der Waals surface area (Å²) in [5, 5.41) is -0.766. The summed E-state index contributed by atoms with van der Waals surface area (Å²) >= 11 is 4.81. The fourth-order valence-electron chi connectivity index (χ4n) is 2.72. The summed E-state index contributed by atoms with van der Waals surface area (Å²) in [5.41, 5.74) is 5.81. The van der Waals surface area contributed by atoms with Gasteiger partial charge in [-0.1, -0.05) is 46.8 Å². The third kappa shape index (κ3) is 2.56. The molecule has 0 aliphatic heterocycles. The Kier molecular flexibility index (Phi) is 4.16. The molecule has 0 bridgehead atoms. The van der Waals surface area contributed by atoms with Gasteiger partial charge in [-0.15, -0.1) is 0 Å². The van der Waals surface area contributed by atoms with Crippen molar-refractivity contribution in [3.05, 3.63) is 0 Å². The van der Waals surface area contributed by atoms with Crippen LogP contribution in [0.4, 0.5) is 0 Å². The van der Waals surface area contributed by atoms with E-state index in [2.05, 4.69) is 32.4 Å². The fraction of sp³-hybridized carbons (Fsp3) is 0.917. The predicted molar refractivity (Wildman–Crippen MR) is 78.8 cm³/mol. The number of sulfonamides is 1. The van der Waals surface area contributed by atoms with Gasteiger partial charge >= 0.3 is 0 Å². The SMILES string of the molecule is CCC(C(N)=S)S(=O)(=O)NCC1C(C)(C)C1(C)C. The van der Waals surface area contributed by atoms with Crippen LogP contribution in [0.5, 0.6) is 0 Å². The molecule has 4 nitrogen and oxygen atoms in total. The lowest BCUT2D eigenvalue weighted by Crippen LogP contribution is -2.42. The molecule has 1 aliphatic rings. The van der Waals surface area contributed by atoms with Crippen molar-refractivity contribution in [2.45, 2.75) is 46.3 Å². The van der Waals surface area contributed by atoms with Crippen LogP contribution in [0.15, 0.2) is 0 Å². The van der Waals surface area contributed by atoms with E-state index in [-0.39, 0.29) is 15.8 Å². The minimum atomic E-state index is -3.44. The molecule has 18 heavy (non-hydrogen) atoms. The normalized spacial score (nSPS) is 23.6. The first-order valence-electron chi connectivity index (χ1n) is 6.26. The van der Waals surface area contributed by atoms with Crippen molar-refractivity contribution in [1.82, 2.24) is 4.72 Å². The van der Waals surface area contributed by atoms with E-state index in [9.17, 15) is 8.42 Å². The van der Waals surface area contributed by atoms with Gasteiger partial charge in [0.25, 0.3) is 0 Å².